The molecule has 166 valence electrons. The topological polar surface area (TPSA) is 37.3 Å². The van der Waals surface area contributed by atoms with Crippen LogP contribution in [-0.2, 0) is 23.7 Å². The van der Waals surface area contributed by atoms with Gasteiger partial charge < -0.3 is 5.11 Å². The van der Waals surface area contributed by atoms with E-state index in [2.05, 4.69) is 69.5 Å². The largest absolute Gasteiger partial charge is 0.478 e. The number of thiophene rings is 1. The Morgan fingerprint density at radius 3 is 2.19 bits per heavy atom. The maximum atomic E-state index is 11.1. The third-order valence-corrected chi connectivity index (χ3v) is 7.88. The molecule has 1 aliphatic rings. The van der Waals surface area contributed by atoms with Crippen LogP contribution in [0.1, 0.15) is 83.6 Å². The summed E-state index contributed by atoms with van der Waals surface area (Å²) in [5, 5.41) is 11.3. The van der Waals surface area contributed by atoms with E-state index in [1.165, 1.54) is 40.0 Å². The molecule has 0 atom stereocenters. The van der Waals surface area contributed by atoms with Crippen molar-refractivity contribution in [3.63, 3.8) is 0 Å². The first-order valence-electron chi connectivity index (χ1n) is 11.4. The molecule has 0 amide bonds. The average Bonchev–Trinajstić information content (AvgIpc) is 3.28. The number of carboxylic acids is 1. The molecule has 2 nitrogen and oxygen atoms in total. The van der Waals surface area contributed by atoms with Gasteiger partial charge in [0.25, 0.3) is 0 Å². The molecule has 4 rings (SSSR count). The summed E-state index contributed by atoms with van der Waals surface area (Å²) in [5.74, 6) is -0.893. The lowest BCUT2D eigenvalue weighted by Gasteiger charge is -2.42. The lowest BCUT2D eigenvalue weighted by atomic mass is 9.62. The molecule has 0 spiro atoms. The Morgan fingerprint density at radius 2 is 1.59 bits per heavy atom. The van der Waals surface area contributed by atoms with E-state index in [0.717, 1.165) is 18.4 Å². The van der Waals surface area contributed by atoms with Gasteiger partial charge in [-0.1, -0.05) is 70.2 Å². The Labute approximate surface area is 195 Å². The van der Waals surface area contributed by atoms with Crippen LogP contribution in [0, 0.1) is 0 Å². The van der Waals surface area contributed by atoms with Crippen molar-refractivity contribution in [3.8, 4) is 0 Å². The third-order valence-electron chi connectivity index (χ3n) is 6.95. The van der Waals surface area contributed by atoms with Crippen LogP contribution < -0.4 is 0 Å². The summed E-state index contributed by atoms with van der Waals surface area (Å²) in [4.78, 5) is 12.6. The van der Waals surface area contributed by atoms with Gasteiger partial charge in [-0.3, -0.25) is 0 Å². The Hall–Kier alpha value is -2.65. The van der Waals surface area contributed by atoms with Gasteiger partial charge in [0.2, 0.25) is 0 Å². The second-order valence-corrected chi connectivity index (χ2v) is 11.2. The fourth-order valence-electron chi connectivity index (χ4n) is 4.68. The average molecular weight is 445 g/mol. The number of benzene rings is 2. The monoisotopic (exact) mass is 444 g/mol. The highest BCUT2D eigenvalue weighted by Gasteiger charge is 2.37. The van der Waals surface area contributed by atoms with Crippen molar-refractivity contribution >= 4 is 29.5 Å². The van der Waals surface area contributed by atoms with Gasteiger partial charge >= 0.3 is 5.97 Å². The SMILES string of the molecule is CC1(C)CCC(C)(C)c2cc(CCc3cccs3)c(/C=C/c3ccc(C(=O)O)cc3)cc21. The van der Waals surface area contributed by atoms with Gasteiger partial charge in [0, 0.05) is 4.88 Å². The molecule has 2 aromatic carbocycles. The van der Waals surface area contributed by atoms with Crippen LogP contribution in [0.25, 0.3) is 12.2 Å². The molecule has 1 N–H and O–H groups in total. The lowest BCUT2D eigenvalue weighted by Crippen LogP contribution is -2.34. The van der Waals surface area contributed by atoms with E-state index in [0.29, 0.717) is 5.56 Å². The predicted octanol–water partition coefficient (Wildman–Crippen LogP) is 7.75. The number of carbonyl (C=O) groups is 1. The van der Waals surface area contributed by atoms with Crippen molar-refractivity contribution in [1.82, 2.24) is 0 Å². The van der Waals surface area contributed by atoms with Gasteiger partial charge in [-0.2, -0.15) is 0 Å². The Kier molecular flexibility index (Phi) is 6.13. The van der Waals surface area contributed by atoms with Gasteiger partial charge in [-0.15, -0.1) is 11.3 Å². The van der Waals surface area contributed by atoms with Crippen molar-refractivity contribution in [3.05, 3.63) is 92.2 Å². The summed E-state index contributed by atoms with van der Waals surface area (Å²) >= 11 is 1.82. The molecule has 0 fully saturated rings. The van der Waals surface area contributed by atoms with Crippen LogP contribution in [0.5, 0.6) is 0 Å². The predicted molar refractivity (Wildman–Crippen MR) is 136 cm³/mol. The summed E-state index contributed by atoms with van der Waals surface area (Å²) in [6.45, 7) is 9.49. The van der Waals surface area contributed by atoms with Crippen molar-refractivity contribution in [2.75, 3.05) is 0 Å². The van der Waals surface area contributed by atoms with Crippen LogP contribution in [-0.4, -0.2) is 11.1 Å². The Balaban J connectivity index is 1.73. The highest BCUT2D eigenvalue weighted by Crippen LogP contribution is 2.46. The zero-order valence-electron chi connectivity index (χ0n) is 19.4. The number of aryl methyl sites for hydroxylation is 2. The van der Waals surface area contributed by atoms with Gasteiger partial charge in [-0.25, -0.2) is 4.79 Å². The molecule has 0 unspecified atom stereocenters. The normalized spacial score (nSPS) is 16.8. The summed E-state index contributed by atoms with van der Waals surface area (Å²) in [6, 6.07) is 16.3. The summed E-state index contributed by atoms with van der Waals surface area (Å²) in [7, 11) is 0. The maximum absolute atomic E-state index is 11.1. The van der Waals surface area contributed by atoms with E-state index in [1.807, 2.05) is 23.5 Å². The third kappa shape index (κ3) is 4.73. The van der Waals surface area contributed by atoms with E-state index in [1.54, 1.807) is 12.1 Å². The second kappa shape index (κ2) is 8.71. The number of carboxylic acid groups (broad SMARTS) is 1. The lowest BCUT2D eigenvalue weighted by molar-refractivity contribution is 0.0697. The van der Waals surface area contributed by atoms with E-state index in [4.69, 9.17) is 5.11 Å². The highest BCUT2D eigenvalue weighted by atomic mass is 32.1. The molecule has 0 saturated carbocycles. The summed E-state index contributed by atoms with van der Waals surface area (Å²) in [6.07, 6.45) is 8.78. The van der Waals surface area contributed by atoms with Gasteiger partial charge in [0.05, 0.1) is 5.56 Å². The number of fused-ring (bicyclic) bond motifs is 1. The van der Waals surface area contributed by atoms with Crippen molar-refractivity contribution in [2.24, 2.45) is 0 Å². The molecular formula is C29H32O2S. The molecule has 0 radical (unpaired) electrons. The van der Waals surface area contributed by atoms with Gasteiger partial charge in [0.15, 0.2) is 0 Å². The van der Waals surface area contributed by atoms with Crippen LogP contribution >= 0.6 is 11.3 Å². The molecule has 32 heavy (non-hydrogen) atoms. The maximum Gasteiger partial charge on any atom is 0.335 e. The molecule has 1 heterocycles. The quantitative estimate of drug-likeness (QED) is 0.395. The number of hydrogen-bond acceptors (Lipinski definition) is 2. The first kappa shape index (κ1) is 22.5. The van der Waals surface area contributed by atoms with Crippen molar-refractivity contribution in [2.45, 2.75) is 64.2 Å². The first-order valence-corrected chi connectivity index (χ1v) is 12.3. The molecule has 0 saturated heterocycles. The molecular weight excluding hydrogens is 412 g/mol. The van der Waals surface area contributed by atoms with E-state index < -0.39 is 5.97 Å². The van der Waals surface area contributed by atoms with Crippen LogP contribution in [0.4, 0.5) is 0 Å². The first-order chi connectivity index (χ1) is 15.2. The van der Waals surface area contributed by atoms with Gasteiger partial charge in [0.1, 0.15) is 0 Å². The zero-order chi connectivity index (χ0) is 22.9. The standard InChI is InChI=1S/C29H32O2S/c1-28(2)15-16-29(3,4)26-19-23(13-14-24-6-5-17-32-24)22(18-25(26)28)12-9-20-7-10-21(11-8-20)27(30)31/h5-12,17-19H,13-16H2,1-4H3,(H,30,31)/b12-9+. The zero-order valence-corrected chi connectivity index (χ0v) is 20.3. The summed E-state index contributed by atoms with van der Waals surface area (Å²) < 4.78 is 0. The molecule has 1 aromatic heterocycles. The van der Waals surface area contributed by atoms with Crippen LogP contribution in [0.3, 0.4) is 0 Å². The van der Waals surface area contributed by atoms with Crippen LogP contribution in [0.2, 0.25) is 0 Å². The molecule has 1 aliphatic carbocycles. The van der Waals surface area contributed by atoms with Crippen molar-refractivity contribution in [1.29, 1.82) is 0 Å². The number of hydrogen-bond donors (Lipinski definition) is 1. The fourth-order valence-corrected chi connectivity index (χ4v) is 5.39. The highest BCUT2D eigenvalue weighted by molar-refractivity contribution is 7.09. The molecule has 3 heteroatoms. The van der Waals surface area contributed by atoms with E-state index in [-0.39, 0.29) is 10.8 Å². The van der Waals surface area contributed by atoms with Crippen molar-refractivity contribution < 1.29 is 9.90 Å². The Morgan fingerprint density at radius 1 is 0.938 bits per heavy atom. The number of rotatable bonds is 6. The Bertz CT molecular complexity index is 1130. The molecule has 3 aromatic rings. The smallest absolute Gasteiger partial charge is 0.335 e. The van der Waals surface area contributed by atoms with E-state index in [9.17, 15) is 4.79 Å². The second-order valence-electron chi connectivity index (χ2n) is 10.2. The minimum atomic E-state index is -0.893. The summed E-state index contributed by atoms with van der Waals surface area (Å²) in [5.41, 5.74) is 7.32. The number of aromatic carboxylic acids is 1. The minimum Gasteiger partial charge on any atom is -0.478 e. The van der Waals surface area contributed by atoms with E-state index >= 15 is 0 Å². The van der Waals surface area contributed by atoms with Crippen LogP contribution in [0.15, 0.2) is 53.9 Å². The molecule has 0 aliphatic heterocycles. The molecule has 0 bridgehead atoms. The minimum absolute atomic E-state index is 0.170. The van der Waals surface area contributed by atoms with Gasteiger partial charge in [-0.05, 0) is 87.9 Å². The fraction of sp³-hybridized carbons (Fsp3) is 0.345.